The summed E-state index contributed by atoms with van der Waals surface area (Å²) in [4.78, 5) is 16.8. The number of ether oxygens (including phenoxy) is 1. The number of para-hydroxylation sites is 2. The van der Waals surface area contributed by atoms with Crippen molar-refractivity contribution in [1.29, 1.82) is 5.26 Å². The Bertz CT molecular complexity index is 1300. The number of hydrogen-bond donors (Lipinski definition) is 2. The van der Waals surface area contributed by atoms with Crippen LogP contribution in [-0.2, 0) is 6.42 Å². The highest BCUT2D eigenvalue weighted by Crippen LogP contribution is 2.25. The predicted octanol–water partition coefficient (Wildman–Crippen LogP) is 3.34. The van der Waals surface area contributed by atoms with Crippen molar-refractivity contribution in [3.8, 4) is 17.8 Å². The molecule has 2 aromatic heterocycles. The van der Waals surface area contributed by atoms with Gasteiger partial charge in [0.15, 0.2) is 11.6 Å². The molecule has 0 aliphatic carbocycles. The van der Waals surface area contributed by atoms with Crippen LogP contribution >= 0.6 is 0 Å². The van der Waals surface area contributed by atoms with Gasteiger partial charge in [0, 0.05) is 11.8 Å². The summed E-state index contributed by atoms with van der Waals surface area (Å²) >= 11 is 0. The number of halogens is 3. The number of nitrogen functional groups attached to an aromatic ring is 1. The maximum atomic E-state index is 14.0. The van der Waals surface area contributed by atoms with Crippen molar-refractivity contribution >= 4 is 28.6 Å². The average Bonchev–Trinajstić information content (AvgIpc) is 3.07. The van der Waals surface area contributed by atoms with Gasteiger partial charge in [-0.2, -0.15) is 29.0 Å². The molecule has 0 radical (unpaired) electrons. The van der Waals surface area contributed by atoms with Crippen LogP contribution in [0.5, 0.6) is 5.75 Å². The van der Waals surface area contributed by atoms with E-state index in [2.05, 4.69) is 30.0 Å². The molecule has 31 heavy (non-hydrogen) atoms. The van der Waals surface area contributed by atoms with Crippen LogP contribution < -0.4 is 15.8 Å². The van der Waals surface area contributed by atoms with Gasteiger partial charge in [0.2, 0.25) is 17.8 Å². The predicted molar refractivity (Wildman–Crippen MR) is 104 cm³/mol. The maximum absolute atomic E-state index is 14.0. The SMILES string of the molecule is N#CCc1nc2ccccc2n1-c1nc(N)nc(Nc2ccc(OC(F)F)c(F)c2)n1. The quantitative estimate of drug-likeness (QED) is 0.481. The summed E-state index contributed by atoms with van der Waals surface area (Å²) in [6.07, 6.45) is -0.000159. The highest BCUT2D eigenvalue weighted by Gasteiger charge is 2.17. The first-order valence-electron chi connectivity index (χ1n) is 8.81. The maximum Gasteiger partial charge on any atom is 0.387 e. The van der Waals surface area contributed by atoms with E-state index in [0.717, 1.165) is 12.1 Å². The summed E-state index contributed by atoms with van der Waals surface area (Å²) in [5, 5.41) is 11.9. The van der Waals surface area contributed by atoms with Gasteiger partial charge in [0.25, 0.3) is 0 Å². The molecular formula is C19H13F3N8O. The molecular weight excluding hydrogens is 413 g/mol. The number of nitriles is 1. The molecule has 0 saturated carbocycles. The number of aromatic nitrogens is 5. The van der Waals surface area contributed by atoms with Crippen LogP contribution in [0.3, 0.4) is 0 Å². The largest absolute Gasteiger partial charge is 0.432 e. The van der Waals surface area contributed by atoms with Gasteiger partial charge in [-0.15, -0.1) is 0 Å². The van der Waals surface area contributed by atoms with E-state index < -0.39 is 18.2 Å². The molecule has 12 heteroatoms. The summed E-state index contributed by atoms with van der Waals surface area (Å²) in [6.45, 7) is -3.15. The standard InChI is InChI=1S/C19H13F3N8O/c20-11-9-10(5-6-14(11)31-16(21)22)25-18-27-17(24)28-19(29-18)30-13-4-2-1-3-12(13)26-15(30)7-8-23/h1-6,9,16H,7H2,(H3,24,25,27,28,29). The lowest BCUT2D eigenvalue weighted by atomic mass is 10.3. The van der Waals surface area contributed by atoms with Gasteiger partial charge in [-0.1, -0.05) is 12.1 Å². The highest BCUT2D eigenvalue weighted by atomic mass is 19.3. The molecule has 9 nitrogen and oxygen atoms in total. The van der Waals surface area contributed by atoms with Crippen LogP contribution in [-0.4, -0.2) is 31.1 Å². The number of alkyl halides is 2. The zero-order valence-corrected chi connectivity index (χ0v) is 15.6. The van der Waals surface area contributed by atoms with Crippen molar-refractivity contribution in [1.82, 2.24) is 24.5 Å². The van der Waals surface area contributed by atoms with Crippen LogP contribution in [0.4, 0.5) is 30.8 Å². The molecule has 0 atom stereocenters. The smallest absolute Gasteiger partial charge is 0.387 e. The third-order valence-corrected chi connectivity index (χ3v) is 4.11. The fraction of sp³-hybridized carbons (Fsp3) is 0.105. The monoisotopic (exact) mass is 426 g/mol. The fourth-order valence-electron chi connectivity index (χ4n) is 2.92. The molecule has 0 unspecified atom stereocenters. The van der Waals surface area contributed by atoms with Crippen molar-refractivity contribution in [2.45, 2.75) is 13.0 Å². The second-order valence-electron chi connectivity index (χ2n) is 6.15. The van der Waals surface area contributed by atoms with Crippen LogP contribution in [0.15, 0.2) is 42.5 Å². The van der Waals surface area contributed by atoms with E-state index in [1.165, 1.54) is 6.07 Å². The molecule has 3 N–H and O–H groups in total. The second kappa shape index (κ2) is 8.15. The fourth-order valence-corrected chi connectivity index (χ4v) is 2.92. The second-order valence-corrected chi connectivity index (χ2v) is 6.15. The average molecular weight is 426 g/mol. The molecule has 4 aromatic rings. The molecule has 0 aliphatic heterocycles. The molecule has 4 rings (SSSR count). The van der Waals surface area contributed by atoms with E-state index in [1.54, 1.807) is 28.8 Å². The molecule has 0 fully saturated rings. The minimum atomic E-state index is -3.15. The zero-order chi connectivity index (χ0) is 22.0. The lowest BCUT2D eigenvalue weighted by molar-refractivity contribution is -0.0521. The summed E-state index contributed by atoms with van der Waals surface area (Å²) in [6, 6.07) is 12.5. The van der Waals surface area contributed by atoms with E-state index in [9.17, 15) is 13.2 Å². The third-order valence-electron chi connectivity index (χ3n) is 4.11. The third kappa shape index (κ3) is 4.15. The summed E-state index contributed by atoms with van der Waals surface area (Å²) in [5.74, 6) is -1.24. The van der Waals surface area contributed by atoms with Crippen molar-refractivity contribution in [3.63, 3.8) is 0 Å². The molecule has 156 valence electrons. The van der Waals surface area contributed by atoms with Gasteiger partial charge in [-0.3, -0.25) is 4.57 Å². The Kier molecular flexibility index (Phi) is 5.23. The van der Waals surface area contributed by atoms with Crippen LogP contribution in [0.1, 0.15) is 5.82 Å². The topological polar surface area (TPSA) is 128 Å². The van der Waals surface area contributed by atoms with Crippen molar-refractivity contribution in [3.05, 3.63) is 54.1 Å². The van der Waals surface area contributed by atoms with Gasteiger partial charge in [-0.25, -0.2) is 9.37 Å². The van der Waals surface area contributed by atoms with E-state index in [1.807, 2.05) is 6.07 Å². The van der Waals surface area contributed by atoms with Crippen molar-refractivity contribution in [2.24, 2.45) is 0 Å². The number of imidazole rings is 1. The Morgan fingerprint density at radius 2 is 1.94 bits per heavy atom. The Morgan fingerprint density at radius 1 is 1.13 bits per heavy atom. The number of nitrogens with zero attached hydrogens (tertiary/aromatic N) is 6. The van der Waals surface area contributed by atoms with Gasteiger partial charge < -0.3 is 15.8 Å². The summed E-state index contributed by atoms with van der Waals surface area (Å²) in [7, 11) is 0. The van der Waals surface area contributed by atoms with Gasteiger partial charge in [0.05, 0.1) is 23.5 Å². The van der Waals surface area contributed by atoms with E-state index in [4.69, 9.17) is 11.0 Å². The first-order valence-corrected chi connectivity index (χ1v) is 8.81. The summed E-state index contributed by atoms with van der Waals surface area (Å²) < 4.78 is 44.2. The van der Waals surface area contributed by atoms with E-state index in [-0.39, 0.29) is 30.0 Å². The molecule has 0 saturated heterocycles. The van der Waals surface area contributed by atoms with Gasteiger partial charge >= 0.3 is 6.61 Å². The lowest BCUT2D eigenvalue weighted by Gasteiger charge is -2.11. The first kappa shape index (κ1) is 19.9. The number of anilines is 3. The molecule has 2 heterocycles. The molecule has 0 bridgehead atoms. The highest BCUT2D eigenvalue weighted by molar-refractivity contribution is 5.77. The summed E-state index contributed by atoms with van der Waals surface area (Å²) in [5.41, 5.74) is 7.28. The Balaban J connectivity index is 1.72. The number of fused-ring (bicyclic) bond motifs is 1. The van der Waals surface area contributed by atoms with E-state index in [0.29, 0.717) is 16.9 Å². The molecule has 2 aromatic carbocycles. The normalized spacial score (nSPS) is 10.9. The zero-order valence-electron chi connectivity index (χ0n) is 15.6. The van der Waals surface area contributed by atoms with Gasteiger partial charge in [-0.05, 0) is 24.3 Å². The number of benzene rings is 2. The van der Waals surface area contributed by atoms with Crippen molar-refractivity contribution < 1.29 is 17.9 Å². The van der Waals surface area contributed by atoms with Crippen molar-refractivity contribution in [2.75, 3.05) is 11.1 Å². The lowest BCUT2D eigenvalue weighted by Crippen LogP contribution is -2.11. The Morgan fingerprint density at radius 3 is 2.68 bits per heavy atom. The minimum Gasteiger partial charge on any atom is -0.432 e. The number of hydrogen-bond acceptors (Lipinski definition) is 8. The number of nitrogens with one attached hydrogen (secondary N) is 1. The van der Waals surface area contributed by atoms with E-state index >= 15 is 0 Å². The Labute approximate surface area is 173 Å². The van der Waals surface area contributed by atoms with Crippen LogP contribution in [0.25, 0.3) is 17.0 Å². The van der Waals surface area contributed by atoms with Crippen LogP contribution in [0, 0.1) is 17.1 Å². The van der Waals surface area contributed by atoms with Gasteiger partial charge in [0.1, 0.15) is 5.82 Å². The number of rotatable bonds is 6. The first-order chi connectivity index (χ1) is 14.9. The Hall–Kier alpha value is -4.40. The number of nitrogens with two attached hydrogens (primary N) is 1. The molecule has 0 aliphatic rings. The molecule has 0 amide bonds. The van der Waals surface area contributed by atoms with Crippen LogP contribution in [0.2, 0.25) is 0 Å². The molecule has 0 spiro atoms. The minimum absolute atomic E-state index is 0.000159.